The average Bonchev–Trinajstić information content (AvgIpc) is 2.99. The highest BCUT2D eigenvalue weighted by Crippen LogP contribution is 2.05. The number of H-pyrrole nitrogens is 1. The first-order valence-corrected chi connectivity index (χ1v) is 8.77. The van der Waals surface area contributed by atoms with Crippen molar-refractivity contribution in [2.75, 3.05) is 18.6 Å². The van der Waals surface area contributed by atoms with E-state index in [0.29, 0.717) is 29.9 Å². The number of thioether (sulfide) groups is 1. The summed E-state index contributed by atoms with van der Waals surface area (Å²) in [5.41, 5.74) is 0.835. The zero-order valence-corrected chi connectivity index (χ0v) is 14.0. The van der Waals surface area contributed by atoms with Crippen LogP contribution in [0.1, 0.15) is 24.1 Å². The van der Waals surface area contributed by atoms with Crippen molar-refractivity contribution in [3.63, 3.8) is 0 Å². The first-order valence-electron chi connectivity index (χ1n) is 7.37. The molecule has 2 rings (SSSR count). The number of nitrogens with one attached hydrogen (secondary N) is 2. The number of amides is 1. The van der Waals surface area contributed by atoms with Crippen LogP contribution >= 0.6 is 11.8 Å². The van der Waals surface area contributed by atoms with E-state index in [1.807, 2.05) is 6.26 Å². The summed E-state index contributed by atoms with van der Waals surface area (Å²) in [7, 11) is 0. The highest BCUT2D eigenvalue weighted by Gasteiger charge is 2.15. The summed E-state index contributed by atoms with van der Waals surface area (Å²) >= 11 is 1.66. The molecule has 1 amide bonds. The number of nitrogens with zero attached hydrogens (tertiary/aromatic N) is 3. The molecule has 0 saturated heterocycles. The average molecular weight is 339 g/mol. The Labute approximate surface area is 137 Å². The third kappa shape index (κ3) is 4.32. The molecule has 126 valence electrons. The topological polar surface area (TPSA) is 112 Å². The van der Waals surface area contributed by atoms with E-state index in [0.717, 1.165) is 5.75 Å². The molecule has 9 heteroatoms. The number of aliphatic hydroxyl groups excluding tert-OH is 1. The van der Waals surface area contributed by atoms with Gasteiger partial charge in [-0.2, -0.15) is 16.3 Å². The van der Waals surface area contributed by atoms with E-state index in [4.69, 9.17) is 0 Å². The normalized spacial score (nSPS) is 12.5. The molecule has 0 aromatic carbocycles. The van der Waals surface area contributed by atoms with Crippen molar-refractivity contribution in [1.82, 2.24) is 24.9 Å². The van der Waals surface area contributed by atoms with Crippen molar-refractivity contribution in [2.45, 2.75) is 32.2 Å². The minimum atomic E-state index is -0.245. The number of aliphatic hydroxyl groups is 1. The molecule has 2 heterocycles. The van der Waals surface area contributed by atoms with Gasteiger partial charge in [-0.3, -0.25) is 14.7 Å². The molecular formula is C14H21N5O3S. The number of carbonyl (C=O) groups excluding carboxylic acids is 1. The number of hydrogen-bond donors (Lipinski definition) is 3. The Balaban J connectivity index is 2.00. The third-order valence-electron chi connectivity index (χ3n) is 3.59. The van der Waals surface area contributed by atoms with Crippen LogP contribution in [0.25, 0.3) is 5.78 Å². The first-order chi connectivity index (χ1) is 11.1. The predicted octanol–water partition coefficient (Wildman–Crippen LogP) is -0.111. The number of hydrogen-bond acceptors (Lipinski definition) is 6. The van der Waals surface area contributed by atoms with E-state index >= 15 is 0 Å². The van der Waals surface area contributed by atoms with Gasteiger partial charge in [-0.25, -0.2) is 9.97 Å². The number of aromatic nitrogens is 4. The van der Waals surface area contributed by atoms with Crippen LogP contribution in [0.5, 0.6) is 0 Å². The van der Waals surface area contributed by atoms with E-state index in [1.165, 1.54) is 10.8 Å². The van der Waals surface area contributed by atoms with E-state index in [-0.39, 0.29) is 30.5 Å². The first kappa shape index (κ1) is 17.5. The van der Waals surface area contributed by atoms with Crippen LogP contribution < -0.4 is 10.9 Å². The van der Waals surface area contributed by atoms with Gasteiger partial charge in [-0.05, 0) is 31.8 Å². The minimum absolute atomic E-state index is 0.0877. The number of fused-ring (bicyclic) bond motifs is 1. The van der Waals surface area contributed by atoms with Crippen molar-refractivity contribution in [2.24, 2.45) is 0 Å². The Morgan fingerprint density at radius 2 is 2.35 bits per heavy atom. The molecule has 0 aliphatic rings. The maximum absolute atomic E-state index is 12.3. The third-order valence-corrected chi connectivity index (χ3v) is 4.23. The molecule has 0 spiro atoms. The molecule has 1 atom stereocenters. The van der Waals surface area contributed by atoms with Gasteiger partial charge in [0.25, 0.3) is 11.3 Å². The van der Waals surface area contributed by atoms with Gasteiger partial charge in [-0.1, -0.05) is 0 Å². The van der Waals surface area contributed by atoms with E-state index < -0.39 is 0 Å². The zero-order chi connectivity index (χ0) is 16.8. The lowest BCUT2D eigenvalue weighted by molar-refractivity contribution is -0.122. The molecular weight excluding hydrogens is 318 g/mol. The summed E-state index contributed by atoms with van der Waals surface area (Å²) in [6.07, 6.45) is 4.56. The fourth-order valence-electron chi connectivity index (χ4n) is 2.29. The minimum Gasteiger partial charge on any atom is -0.394 e. The second-order valence-corrected chi connectivity index (χ2v) is 6.22. The van der Waals surface area contributed by atoms with E-state index in [1.54, 1.807) is 18.7 Å². The van der Waals surface area contributed by atoms with Crippen molar-refractivity contribution in [1.29, 1.82) is 0 Å². The lowest BCUT2D eigenvalue weighted by Gasteiger charge is -2.15. The molecule has 0 fully saturated rings. The summed E-state index contributed by atoms with van der Waals surface area (Å²) in [6.45, 7) is 1.65. The summed E-state index contributed by atoms with van der Waals surface area (Å²) < 4.78 is 1.26. The maximum Gasteiger partial charge on any atom is 0.277 e. The van der Waals surface area contributed by atoms with Gasteiger partial charge in [-0.15, -0.1) is 0 Å². The number of carbonyl (C=O) groups is 1. The maximum atomic E-state index is 12.3. The summed E-state index contributed by atoms with van der Waals surface area (Å²) in [5.74, 6) is 1.00. The lowest BCUT2D eigenvalue weighted by atomic mass is 10.1. The predicted molar refractivity (Wildman–Crippen MR) is 88.7 cm³/mol. The van der Waals surface area contributed by atoms with Crippen LogP contribution in [0, 0.1) is 6.92 Å². The van der Waals surface area contributed by atoms with Gasteiger partial charge in [0.15, 0.2) is 0 Å². The van der Waals surface area contributed by atoms with Crippen LogP contribution in [0.15, 0.2) is 11.1 Å². The van der Waals surface area contributed by atoms with Crippen LogP contribution in [0.3, 0.4) is 0 Å². The Morgan fingerprint density at radius 3 is 3.04 bits per heavy atom. The molecule has 0 unspecified atom stereocenters. The number of aromatic amines is 1. The van der Waals surface area contributed by atoms with Crippen molar-refractivity contribution < 1.29 is 9.90 Å². The lowest BCUT2D eigenvalue weighted by Crippen LogP contribution is -2.38. The van der Waals surface area contributed by atoms with Crippen molar-refractivity contribution >= 4 is 23.4 Å². The highest BCUT2D eigenvalue weighted by molar-refractivity contribution is 7.98. The van der Waals surface area contributed by atoms with Gasteiger partial charge in [0, 0.05) is 12.0 Å². The molecule has 0 saturated carbocycles. The second kappa shape index (κ2) is 8.11. The molecule has 0 aliphatic carbocycles. The van der Waals surface area contributed by atoms with E-state index in [2.05, 4.69) is 20.4 Å². The van der Waals surface area contributed by atoms with Gasteiger partial charge in [0.2, 0.25) is 5.91 Å². The molecule has 0 aliphatic heterocycles. The highest BCUT2D eigenvalue weighted by atomic mass is 32.2. The standard InChI is InChI=1S/C14H21N5O3S/c1-9-11(13(22)19-14(17-9)15-8-16-19)3-4-12(21)18-10(7-20)5-6-23-2/h8,10,20H,3-7H2,1-2H3,(H,18,21)(H,15,16,17)/t10-/m0/s1. The molecule has 2 aromatic rings. The molecule has 23 heavy (non-hydrogen) atoms. The summed E-state index contributed by atoms with van der Waals surface area (Å²) in [5, 5.41) is 14.8. The second-order valence-electron chi connectivity index (χ2n) is 5.23. The summed E-state index contributed by atoms with van der Waals surface area (Å²) in [4.78, 5) is 32.5. The van der Waals surface area contributed by atoms with Gasteiger partial charge < -0.3 is 10.4 Å². The molecule has 0 bridgehead atoms. The summed E-state index contributed by atoms with van der Waals surface area (Å²) in [6, 6.07) is -0.245. The van der Waals surface area contributed by atoms with Gasteiger partial charge in [0.05, 0.1) is 18.3 Å². The van der Waals surface area contributed by atoms with Gasteiger partial charge in [0.1, 0.15) is 6.33 Å². The molecule has 8 nitrogen and oxygen atoms in total. The molecule has 3 N–H and O–H groups in total. The SMILES string of the molecule is CSCC[C@@H](CO)NC(=O)CCc1c(C)nc2nc[nH]n2c1=O. The fourth-order valence-corrected chi connectivity index (χ4v) is 2.81. The fraction of sp³-hybridized carbons (Fsp3) is 0.571. The Kier molecular flexibility index (Phi) is 6.17. The monoisotopic (exact) mass is 339 g/mol. The smallest absolute Gasteiger partial charge is 0.277 e. The van der Waals surface area contributed by atoms with Crippen LogP contribution in [0.2, 0.25) is 0 Å². The number of aryl methyl sites for hydroxylation is 1. The Morgan fingerprint density at radius 1 is 1.57 bits per heavy atom. The van der Waals surface area contributed by atoms with Crippen molar-refractivity contribution in [3.8, 4) is 0 Å². The molecule has 2 aromatic heterocycles. The Hall–Kier alpha value is -1.87. The Bertz CT molecular complexity index is 727. The van der Waals surface area contributed by atoms with Crippen LogP contribution in [-0.4, -0.2) is 55.3 Å². The van der Waals surface area contributed by atoms with Crippen molar-refractivity contribution in [3.05, 3.63) is 27.9 Å². The van der Waals surface area contributed by atoms with E-state index in [9.17, 15) is 14.7 Å². The quantitative estimate of drug-likeness (QED) is 0.618. The molecule has 0 radical (unpaired) electrons. The van der Waals surface area contributed by atoms with Crippen LogP contribution in [-0.2, 0) is 11.2 Å². The largest absolute Gasteiger partial charge is 0.394 e. The number of rotatable bonds is 8. The van der Waals surface area contributed by atoms with Crippen LogP contribution in [0.4, 0.5) is 0 Å². The zero-order valence-electron chi connectivity index (χ0n) is 13.2. The van der Waals surface area contributed by atoms with Gasteiger partial charge >= 0.3 is 0 Å².